The standard InChI is InChI=1S/C18H32N4O2/c1-21-10-4-5-15(17(21)16-6-9-20-22(16)2)13-19-14-18(23-3)7-11-24-12-8-18/h6,9,15,17,19H,4-5,7-8,10-14H2,1-3H3/t15-,17+/m0/s1. The number of hydrogen-bond donors (Lipinski definition) is 1. The molecule has 0 aliphatic carbocycles. The molecule has 2 aliphatic rings. The minimum Gasteiger partial charge on any atom is -0.381 e. The van der Waals surface area contributed by atoms with Crippen LogP contribution in [-0.4, -0.2) is 67.3 Å². The van der Waals surface area contributed by atoms with Gasteiger partial charge in [-0.25, -0.2) is 0 Å². The Morgan fingerprint density at radius 3 is 2.83 bits per heavy atom. The Morgan fingerprint density at radius 1 is 1.38 bits per heavy atom. The van der Waals surface area contributed by atoms with Crippen molar-refractivity contribution in [2.24, 2.45) is 13.0 Å². The number of methoxy groups -OCH3 is 1. The largest absolute Gasteiger partial charge is 0.381 e. The number of aromatic nitrogens is 2. The molecule has 2 atom stereocenters. The number of hydrogen-bond acceptors (Lipinski definition) is 5. The maximum atomic E-state index is 5.84. The second kappa shape index (κ2) is 7.95. The van der Waals surface area contributed by atoms with Gasteiger partial charge in [-0.3, -0.25) is 9.58 Å². The van der Waals surface area contributed by atoms with Crippen LogP contribution in [0.5, 0.6) is 0 Å². The van der Waals surface area contributed by atoms with Gasteiger partial charge in [0.05, 0.1) is 17.3 Å². The molecular weight excluding hydrogens is 304 g/mol. The van der Waals surface area contributed by atoms with Gasteiger partial charge in [-0.2, -0.15) is 5.10 Å². The third kappa shape index (κ3) is 3.82. The van der Waals surface area contributed by atoms with Crippen molar-refractivity contribution in [2.75, 3.05) is 47.0 Å². The smallest absolute Gasteiger partial charge is 0.0846 e. The Bertz CT molecular complexity index is 513. The van der Waals surface area contributed by atoms with Gasteiger partial charge in [0.15, 0.2) is 0 Å². The molecule has 136 valence electrons. The summed E-state index contributed by atoms with van der Waals surface area (Å²) in [5, 5.41) is 8.09. The Hall–Kier alpha value is -0.950. The molecule has 0 aromatic carbocycles. The van der Waals surface area contributed by atoms with E-state index in [9.17, 15) is 0 Å². The number of nitrogens with zero attached hydrogens (tertiary/aromatic N) is 3. The van der Waals surface area contributed by atoms with E-state index in [0.29, 0.717) is 12.0 Å². The third-order valence-corrected chi connectivity index (χ3v) is 5.86. The fourth-order valence-electron chi connectivity index (χ4n) is 4.30. The number of likely N-dealkylation sites (tertiary alicyclic amines) is 1. The molecule has 6 heteroatoms. The van der Waals surface area contributed by atoms with Crippen LogP contribution in [-0.2, 0) is 16.5 Å². The lowest BCUT2D eigenvalue weighted by Gasteiger charge is -2.41. The Labute approximate surface area is 145 Å². The minimum absolute atomic E-state index is 0.0547. The summed E-state index contributed by atoms with van der Waals surface area (Å²) >= 11 is 0. The normalized spacial score (nSPS) is 28.1. The second-order valence-electron chi connectivity index (χ2n) is 7.34. The predicted molar refractivity (Wildman–Crippen MR) is 94.0 cm³/mol. The lowest BCUT2D eigenvalue weighted by molar-refractivity contribution is -0.0882. The highest BCUT2D eigenvalue weighted by Crippen LogP contribution is 2.34. The molecule has 24 heavy (non-hydrogen) atoms. The second-order valence-corrected chi connectivity index (χ2v) is 7.34. The monoisotopic (exact) mass is 336 g/mol. The fraction of sp³-hybridized carbons (Fsp3) is 0.833. The van der Waals surface area contributed by atoms with E-state index < -0.39 is 0 Å². The summed E-state index contributed by atoms with van der Waals surface area (Å²) in [6, 6.07) is 2.60. The van der Waals surface area contributed by atoms with Crippen LogP contribution in [0.1, 0.15) is 37.4 Å². The fourth-order valence-corrected chi connectivity index (χ4v) is 4.30. The average molecular weight is 336 g/mol. The molecule has 1 aromatic rings. The van der Waals surface area contributed by atoms with Gasteiger partial charge in [0.2, 0.25) is 0 Å². The first kappa shape index (κ1) is 17.9. The quantitative estimate of drug-likeness (QED) is 0.855. The molecule has 1 N–H and O–H groups in total. The molecule has 6 nitrogen and oxygen atoms in total. The maximum Gasteiger partial charge on any atom is 0.0846 e. The van der Waals surface area contributed by atoms with Crippen LogP contribution in [0.15, 0.2) is 12.3 Å². The van der Waals surface area contributed by atoms with Gasteiger partial charge in [-0.1, -0.05) is 0 Å². The first-order chi connectivity index (χ1) is 11.7. The van der Waals surface area contributed by atoms with Gasteiger partial charge in [0.25, 0.3) is 0 Å². The third-order valence-electron chi connectivity index (χ3n) is 5.86. The lowest BCUT2D eigenvalue weighted by atomic mass is 9.86. The van der Waals surface area contributed by atoms with Gasteiger partial charge in [0, 0.05) is 53.0 Å². The van der Waals surface area contributed by atoms with Crippen LogP contribution in [0.25, 0.3) is 0 Å². The van der Waals surface area contributed by atoms with E-state index in [4.69, 9.17) is 9.47 Å². The first-order valence-electron chi connectivity index (χ1n) is 9.17. The number of aryl methyl sites for hydroxylation is 1. The zero-order valence-corrected chi connectivity index (χ0v) is 15.3. The van der Waals surface area contributed by atoms with Crippen molar-refractivity contribution in [3.05, 3.63) is 18.0 Å². The van der Waals surface area contributed by atoms with Crippen molar-refractivity contribution in [3.63, 3.8) is 0 Å². The van der Waals surface area contributed by atoms with E-state index >= 15 is 0 Å². The van der Waals surface area contributed by atoms with Gasteiger partial charge in [0.1, 0.15) is 0 Å². The van der Waals surface area contributed by atoms with E-state index in [1.54, 1.807) is 0 Å². The van der Waals surface area contributed by atoms with Crippen LogP contribution in [0.2, 0.25) is 0 Å². The molecule has 2 saturated heterocycles. The van der Waals surface area contributed by atoms with Crippen molar-refractivity contribution in [1.82, 2.24) is 20.0 Å². The molecule has 0 radical (unpaired) electrons. The summed E-state index contributed by atoms with van der Waals surface area (Å²) in [4.78, 5) is 2.48. The highest BCUT2D eigenvalue weighted by atomic mass is 16.5. The molecule has 1 aromatic heterocycles. The molecule has 3 rings (SSSR count). The molecule has 0 unspecified atom stereocenters. The van der Waals surface area contributed by atoms with Crippen LogP contribution in [0.3, 0.4) is 0 Å². The minimum atomic E-state index is -0.0547. The molecule has 2 aliphatic heterocycles. The van der Waals surface area contributed by atoms with Gasteiger partial charge in [-0.15, -0.1) is 0 Å². The van der Waals surface area contributed by atoms with E-state index in [1.807, 2.05) is 25.0 Å². The van der Waals surface area contributed by atoms with Crippen molar-refractivity contribution in [1.29, 1.82) is 0 Å². The average Bonchev–Trinajstić information content (AvgIpc) is 3.01. The number of piperidine rings is 1. The lowest BCUT2D eigenvalue weighted by Crippen LogP contribution is -2.49. The van der Waals surface area contributed by atoms with E-state index in [0.717, 1.165) is 45.7 Å². The molecular formula is C18H32N4O2. The highest BCUT2D eigenvalue weighted by molar-refractivity contribution is 5.10. The SMILES string of the molecule is COC1(CNC[C@@H]2CCCN(C)[C@H]2c2ccnn2C)CCOCC1. The molecule has 0 spiro atoms. The predicted octanol–water partition coefficient (Wildman–Crippen LogP) is 1.59. The Balaban J connectivity index is 1.61. The molecule has 3 heterocycles. The van der Waals surface area contributed by atoms with E-state index in [2.05, 4.69) is 28.4 Å². The number of nitrogens with one attached hydrogen (secondary N) is 1. The van der Waals surface area contributed by atoms with Gasteiger partial charge in [-0.05, 0) is 45.0 Å². The van der Waals surface area contributed by atoms with Crippen molar-refractivity contribution >= 4 is 0 Å². The van der Waals surface area contributed by atoms with Crippen LogP contribution in [0, 0.1) is 5.92 Å². The molecule has 0 amide bonds. The molecule has 2 fully saturated rings. The van der Waals surface area contributed by atoms with Crippen LogP contribution < -0.4 is 5.32 Å². The summed E-state index contributed by atoms with van der Waals surface area (Å²) in [6.07, 6.45) is 6.39. The van der Waals surface area contributed by atoms with E-state index in [-0.39, 0.29) is 5.60 Å². The maximum absolute atomic E-state index is 5.84. The molecule has 0 saturated carbocycles. The van der Waals surface area contributed by atoms with Gasteiger partial charge < -0.3 is 14.8 Å². The Kier molecular flexibility index (Phi) is 5.92. The summed E-state index contributed by atoms with van der Waals surface area (Å²) in [5.41, 5.74) is 1.26. The summed E-state index contributed by atoms with van der Waals surface area (Å²) in [6.45, 7) is 4.70. The van der Waals surface area contributed by atoms with Crippen molar-refractivity contribution in [3.8, 4) is 0 Å². The highest BCUT2D eigenvalue weighted by Gasteiger charge is 2.35. The van der Waals surface area contributed by atoms with Crippen molar-refractivity contribution in [2.45, 2.75) is 37.3 Å². The van der Waals surface area contributed by atoms with Gasteiger partial charge >= 0.3 is 0 Å². The molecule has 0 bridgehead atoms. The summed E-state index contributed by atoms with van der Waals surface area (Å²) in [7, 11) is 6.11. The Morgan fingerprint density at radius 2 is 2.17 bits per heavy atom. The zero-order chi connectivity index (χ0) is 17.0. The number of rotatable bonds is 6. The summed E-state index contributed by atoms with van der Waals surface area (Å²) < 4.78 is 13.4. The van der Waals surface area contributed by atoms with E-state index in [1.165, 1.54) is 18.5 Å². The number of ether oxygens (including phenoxy) is 2. The zero-order valence-electron chi connectivity index (χ0n) is 15.3. The topological polar surface area (TPSA) is 51.5 Å². The summed E-state index contributed by atoms with van der Waals surface area (Å²) in [5.74, 6) is 0.605. The first-order valence-corrected chi connectivity index (χ1v) is 9.17. The van der Waals surface area contributed by atoms with Crippen LogP contribution >= 0.6 is 0 Å². The van der Waals surface area contributed by atoms with Crippen molar-refractivity contribution < 1.29 is 9.47 Å². The van der Waals surface area contributed by atoms with Crippen LogP contribution in [0.4, 0.5) is 0 Å².